The molecule has 1 aromatic rings. The van der Waals surface area contributed by atoms with Crippen LogP contribution in [0.25, 0.3) is 0 Å². The number of hydrogen-bond donors (Lipinski definition) is 0. The first kappa shape index (κ1) is 15.0. The second-order valence-corrected chi connectivity index (χ2v) is 5.65. The van der Waals surface area contributed by atoms with Crippen molar-refractivity contribution < 1.29 is 4.39 Å². The third-order valence-corrected chi connectivity index (χ3v) is 4.05. The molecule has 19 heavy (non-hydrogen) atoms. The van der Waals surface area contributed by atoms with Gasteiger partial charge in [-0.15, -0.1) is 11.6 Å². The third kappa shape index (κ3) is 4.32. The molecule has 1 fully saturated rings. The van der Waals surface area contributed by atoms with Crippen molar-refractivity contribution >= 4 is 23.2 Å². The first-order chi connectivity index (χ1) is 9.20. The summed E-state index contributed by atoms with van der Waals surface area (Å²) in [5, 5.41) is 0.516. The van der Waals surface area contributed by atoms with Gasteiger partial charge < -0.3 is 4.90 Å². The Kier molecular flexibility index (Phi) is 5.89. The van der Waals surface area contributed by atoms with Gasteiger partial charge in [-0.05, 0) is 31.6 Å². The molecule has 5 heteroatoms. The smallest absolute Gasteiger partial charge is 0.129 e. The van der Waals surface area contributed by atoms with Crippen molar-refractivity contribution in [3.05, 3.63) is 34.6 Å². The summed E-state index contributed by atoms with van der Waals surface area (Å²) < 4.78 is 13.8. The van der Waals surface area contributed by atoms with Crippen molar-refractivity contribution in [2.75, 3.05) is 38.6 Å². The molecule has 0 unspecified atom stereocenters. The summed E-state index contributed by atoms with van der Waals surface area (Å²) >= 11 is 11.8. The van der Waals surface area contributed by atoms with Gasteiger partial charge in [-0.3, -0.25) is 4.90 Å². The molecule has 2 rings (SSSR count). The van der Waals surface area contributed by atoms with E-state index in [1.165, 1.54) is 6.07 Å². The fourth-order valence-corrected chi connectivity index (χ4v) is 2.89. The highest BCUT2D eigenvalue weighted by Gasteiger charge is 2.17. The Hall–Kier alpha value is -0.350. The molecule has 1 aromatic carbocycles. The van der Waals surface area contributed by atoms with Crippen LogP contribution in [0.3, 0.4) is 0 Å². The molecule has 1 aliphatic heterocycles. The average molecular weight is 305 g/mol. The Labute approximate surface area is 124 Å². The first-order valence-electron chi connectivity index (χ1n) is 6.64. The molecule has 1 saturated heterocycles. The zero-order chi connectivity index (χ0) is 13.7. The molecule has 0 aromatic heterocycles. The summed E-state index contributed by atoms with van der Waals surface area (Å²) in [7, 11) is 0. The summed E-state index contributed by atoms with van der Waals surface area (Å²) in [5.74, 6) is 0.452. The minimum atomic E-state index is -0.214. The van der Waals surface area contributed by atoms with E-state index in [4.69, 9.17) is 23.2 Å². The highest BCUT2D eigenvalue weighted by atomic mass is 35.5. The fraction of sp³-hybridized carbons (Fsp3) is 0.571. The van der Waals surface area contributed by atoms with E-state index in [1.54, 1.807) is 12.1 Å². The molecule has 0 N–H and O–H groups in total. The lowest BCUT2D eigenvalue weighted by atomic mass is 10.2. The van der Waals surface area contributed by atoms with Gasteiger partial charge in [-0.1, -0.05) is 17.7 Å². The fourth-order valence-electron chi connectivity index (χ4n) is 2.43. The molecule has 0 spiro atoms. The van der Waals surface area contributed by atoms with E-state index in [0.717, 1.165) is 39.1 Å². The summed E-state index contributed by atoms with van der Waals surface area (Å²) in [6, 6.07) is 4.86. The van der Waals surface area contributed by atoms with E-state index in [0.29, 0.717) is 23.0 Å². The lowest BCUT2D eigenvalue weighted by molar-refractivity contribution is 0.255. The Balaban J connectivity index is 1.96. The molecular formula is C14H19Cl2FN2. The Morgan fingerprint density at radius 1 is 1.11 bits per heavy atom. The predicted molar refractivity (Wildman–Crippen MR) is 78.5 cm³/mol. The van der Waals surface area contributed by atoms with Crippen LogP contribution in [-0.4, -0.2) is 48.4 Å². The van der Waals surface area contributed by atoms with Crippen molar-refractivity contribution in [2.45, 2.75) is 13.0 Å². The summed E-state index contributed by atoms with van der Waals surface area (Å²) in [4.78, 5) is 4.62. The minimum absolute atomic E-state index is 0.214. The van der Waals surface area contributed by atoms with Crippen LogP contribution >= 0.6 is 23.2 Å². The van der Waals surface area contributed by atoms with Crippen LogP contribution in [0.15, 0.2) is 18.2 Å². The highest BCUT2D eigenvalue weighted by molar-refractivity contribution is 6.31. The predicted octanol–water partition coefficient (Wildman–Crippen LogP) is 3.23. The number of hydrogen-bond acceptors (Lipinski definition) is 2. The lowest BCUT2D eigenvalue weighted by Gasteiger charge is -2.21. The maximum atomic E-state index is 13.8. The van der Waals surface area contributed by atoms with Gasteiger partial charge in [-0.25, -0.2) is 4.39 Å². The number of halogens is 3. The van der Waals surface area contributed by atoms with Gasteiger partial charge >= 0.3 is 0 Å². The number of nitrogens with zero attached hydrogens (tertiary/aromatic N) is 2. The topological polar surface area (TPSA) is 6.48 Å². The van der Waals surface area contributed by atoms with Crippen molar-refractivity contribution in [1.29, 1.82) is 0 Å². The van der Waals surface area contributed by atoms with Crippen LogP contribution in [0.4, 0.5) is 4.39 Å². The van der Waals surface area contributed by atoms with Crippen molar-refractivity contribution in [2.24, 2.45) is 0 Å². The van der Waals surface area contributed by atoms with E-state index in [2.05, 4.69) is 9.80 Å². The van der Waals surface area contributed by atoms with Gasteiger partial charge in [0.1, 0.15) is 5.82 Å². The summed E-state index contributed by atoms with van der Waals surface area (Å²) in [5.41, 5.74) is 0.606. The molecular weight excluding hydrogens is 286 g/mol. The monoisotopic (exact) mass is 304 g/mol. The zero-order valence-electron chi connectivity index (χ0n) is 10.9. The van der Waals surface area contributed by atoms with E-state index in [1.807, 2.05) is 0 Å². The summed E-state index contributed by atoms with van der Waals surface area (Å²) in [6.07, 6.45) is 1.09. The van der Waals surface area contributed by atoms with Crippen LogP contribution in [0.1, 0.15) is 12.0 Å². The average Bonchev–Trinajstić information content (AvgIpc) is 2.60. The van der Waals surface area contributed by atoms with Crippen molar-refractivity contribution in [3.63, 3.8) is 0 Å². The van der Waals surface area contributed by atoms with Crippen LogP contribution in [0.5, 0.6) is 0 Å². The van der Waals surface area contributed by atoms with Gasteiger partial charge in [0.25, 0.3) is 0 Å². The highest BCUT2D eigenvalue weighted by Crippen LogP contribution is 2.21. The number of benzene rings is 1. The van der Waals surface area contributed by atoms with Crippen LogP contribution in [0.2, 0.25) is 5.02 Å². The molecule has 0 aliphatic carbocycles. The second-order valence-electron chi connectivity index (χ2n) is 4.86. The molecule has 1 heterocycles. The SMILES string of the molecule is Fc1cccc(Cl)c1CN1CCCN(CCCl)CC1. The summed E-state index contributed by atoms with van der Waals surface area (Å²) in [6.45, 7) is 5.47. The molecule has 0 amide bonds. The van der Waals surface area contributed by atoms with Gasteiger partial charge in [0, 0.05) is 42.6 Å². The number of rotatable bonds is 4. The van der Waals surface area contributed by atoms with Crippen molar-refractivity contribution in [3.8, 4) is 0 Å². The Morgan fingerprint density at radius 3 is 2.58 bits per heavy atom. The molecule has 0 atom stereocenters. The van der Waals surface area contributed by atoms with Gasteiger partial charge in [0.15, 0.2) is 0 Å². The van der Waals surface area contributed by atoms with Crippen LogP contribution in [0, 0.1) is 5.82 Å². The van der Waals surface area contributed by atoms with Crippen LogP contribution in [-0.2, 0) is 6.54 Å². The minimum Gasteiger partial charge on any atom is -0.301 e. The molecule has 0 bridgehead atoms. The quantitative estimate of drug-likeness (QED) is 0.788. The molecule has 1 aliphatic rings. The maximum absolute atomic E-state index is 13.8. The third-order valence-electron chi connectivity index (χ3n) is 3.53. The van der Waals surface area contributed by atoms with E-state index in [9.17, 15) is 4.39 Å². The largest absolute Gasteiger partial charge is 0.301 e. The first-order valence-corrected chi connectivity index (χ1v) is 7.55. The normalized spacial score (nSPS) is 18.5. The zero-order valence-corrected chi connectivity index (χ0v) is 12.4. The molecule has 106 valence electrons. The molecule has 2 nitrogen and oxygen atoms in total. The Bertz CT molecular complexity index is 394. The van der Waals surface area contributed by atoms with Gasteiger partial charge in [-0.2, -0.15) is 0 Å². The van der Waals surface area contributed by atoms with Gasteiger partial charge in [0.2, 0.25) is 0 Å². The number of alkyl halides is 1. The second kappa shape index (κ2) is 7.44. The lowest BCUT2D eigenvalue weighted by Crippen LogP contribution is -2.31. The Morgan fingerprint density at radius 2 is 1.84 bits per heavy atom. The maximum Gasteiger partial charge on any atom is 0.129 e. The molecule has 0 radical (unpaired) electrons. The molecule has 0 saturated carbocycles. The van der Waals surface area contributed by atoms with Crippen LogP contribution < -0.4 is 0 Å². The van der Waals surface area contributed by atoms with E-state index >= 15 is 0 Å². The van der Waals surface area contributed by atoms with Crippen molar-refractivity contribution in [1.82, 2.24) is 9.80 Å². The van der Waals surface area contributed by atoms with E-state index in [-0.39, 0.29) is 5.82 Å². The standard InChI is InChI=1S/C14H19Cl2FN2/c15-5-8-18-6-2-7-19(10-9-18)11-12-13(16)3-1-4-14(12)17/h1,3-4H,2,5-11H2. The van der Waals surface area contributed by atoms with E-state index < -0.39 is 0 Å². The van der Waals surface area contributed by atoms with Gasteiger partial charge in [0.05, 0.1) is 0 Å².